The number of hydrogen-bond donors (Lipinski definition) is 0. The van der Waals surface area contributed by atoms with Crippen LogP contribution in [0, 0.1) is 5.82 Å². The number of benzene rings is 2. The van der Waals surface area contributed by atoms with Gasteiger partial charge in [0.2, 0.25) is 5.90 Å². The van der Waals surface area contributed by atoms with Crippen molar-refractivity contribution in [1.29, 1.82) is 0 Å². The minimum atomic E-state index is -0.594. The molecule has 0 amide bonds. The maximum atomic E-state index is 13.7. The van der Waals surface area contributed by atoms with Gasteiger partial charge in [0.1, 0.15) is 5.82 Å². The largest absolute Gasteiger partial charge is 0.402 e. The summed E-state index contributed by atoms with van der Waals surface area (Å²) in [5.41, 5.74) is 1.10. The Labute approximate surface area is 128 Å². The highest BCUT2D eigenvalue weighted by atomic mass is 79.9. The zero-order chi connectivity index (χ0) is 14.8. The smallest absolute Gasteiger partial charge is 0.363 e. The number of rotatable bonds is 2. The van der Waals surface area contributed by atoms with E-state index in [0.717, 1.165) is 10.0 Å². The molecule has 104 valence electrons. The summed E-state index contributed by atoms with van der Waals surface area (Å²) < 4.78 is 19.6. The molecule has 0 spiro atoms. The van der Waals surface area contributed by atoms with Gasteiger partial charge in [0.25, 0.3) is 0 Å². The van der Waals surface area contributed by atoms with Gasteiger partial charge in [-0.2, -0.15) is 0 Å². The molecular formula is C16H9BrFNO2. The average molecular weight is 346 g/mol. The van der Waals surface area contributed by atoms with Crippen molar-refractivity contribution >= 4 is 33.9 Å². The Morgan fingerprint density at radius 1 is 1.10 bits per heavy atom. The van der Waals surface area contributed by atoms with Crippen LogP contribution in [-0.2, 0) is 9.53 Å². The van der Waals surface area contributed by atoms with Gasteiger partial charge < -0.3 is 4.74 Å². The summed E-state index contributed by atoms with van der Waals surface area (Å²) >= 11 is 3.39. The fourth-order valence-corrected chi connectivity index (χ4v) is 2.30. The number of hydrogen-bond acceptors (Lipinski definition) is 3. The molecule has 0 saturated heterocycles. The molecule has 3 rings (SSSR count). The molecule has 1 aliphatic heterocycles. The van der Waals surface area contributed by atoms with Crippen LogP contribution in [0.4, 0.5) is 4.39 Å². The molecule has 1 aliphatic rings. The molecule has 0 radical (unpaired) electrons. The maximum Gasteiger partial charge on any atom is 0.363 e. The summed E-state index contributed by atoms with van der Waals surface area (Å²) in [6, 6.07) is 13.4. The average Bonchev–Trinajstić information content (AvgIpc) is 2.83. The van der Waals surface area contributed by atoms with Crippen molar-refractivity contribution in [3.8, 4) is 0 Å². The van der Waals surface area contributed by atoms with Crippen molar-refractivity contribution in [2.75, 3.05) is 0 Å². The van der Waals surface area contributed by atoms with E-state index in [1.807, 2.05) is 24.3 Å². The van der Waals surface area contributed by atoms with Gasteiger partial charge >= 0.3 is 5.97 Å². The van der Waals surface area contributed by atoms with E-state index in [0.29, 0.717) is 0 Å². The van der Waals surface area contributed by atoms with Crippen LogP contribution in [-0.4, -0.2) is 11.9 Å². The minimum Gasteiger partial charge on any atom is -0.402 e. The fourth-order valence-electron chi connectivity index (χ4n) is 1.90. The number of carbonyl (C=O) groups is 1. The second-order valence-corrected chi connectivity index (χ2v) is 5.19. The van der Waals surface area contributed by atoms with Gasteiger partial charge in [-0.25, -0.2) is 14.2 Å². The minimum absolute atomic E-state index is 0.0172. The van der Waals surface area contributed by atoms with Crippen molar-refractivity contribution in [1.82, 2.24) is 0 Å². The van der Waals surface area contributed by atoms with Crippen molar-refractivity contribution < 1.29 is 13.9 Å². The summed E-state index contributed by atoms with van der Waals surface area (Å²) in [7, 11) is 0. The van der Waals surface area contributed by atoms with Crippen molar-refractivity contribution in [2.45, 2.75) is 0 Å². The van der Waals surface area contributed by atoms with E-state index < -0.39 is 11.8 Å². The van der Waals surface area contributed by atoms with Crippen LogP contribution in [0.5, 0.6) is 0 Å². The monoisotopic (exact) mass is 345 g/mol. The third-order valence-electron chi connectivity index (χ3n) is 2.92. The molecule has 0 atom stereocenters. The lowest BCUT2D eigenvalue weighted by Gasteiger charge is -1.99. The number of cyclic esters (lactones) is 1. The van der Waals surface area contributed by atoms with Crippen LogP contribution in [0.15, 0.2) is 63.7 Å². The molecule has 0 fully saturated rings. The molecular weight excluding hydrogens is 337 g/mol. The quantitative estimate of drug-likeness (QED) is 0.610. The Morgan fingerprint density at radius 2 is 1.81 bits per heavy atom. The van der Waals surface area contributed by atoms with E-state index in [4.69, 9.17) is 4.74 Å². The Bertz CT molecular complexity index is 783. The molecule has 21 heavy (non-hydrogen) atoms. The van der Waals surface area contributed by atoms with E-state index in [2.05, 4.69) is 20.9 Å². The van der Waals surface area contributed by atoms with Crippen molar-refractivity contribution in [2.24, 2.45) is 4.99 Å². The Kier molecular flexibility index (Phi) is 3.66. The first kappa shape index (κ1) is 13.7. The summed E-state index contributed by atoms with van der Waals surface area (Å²) in [5, 5.41) is 0. The number of ether oxygens (including phenoxy) is 1. The normalized spacial score (nSPS) is 16.0. The number of nitrogens with zero attached hydrogens (tertiary/aromatic N) is 1. The molecule has 2 aromatic rings. The lowest BCUT2D eigenvalue weighted by molar-refractivity contribution is -0.129. The zero-order valence-electron chi connectivity index (χ0n) is 10.7. The van der Waals surface area contributed by atoms with Crippen LogP contribution >= 0.6 is 15.9 Å². The fraction of sp³-hybridized carbons (Fsp3) is 0. The van der Waals surface area contributed by atoms with Crippen LogP contribution < -0.4 is 0 Å². The van der Waals surface area contributed by atoms with E-state index in [9.17, 15) is 9.18 Å². The van der Waals surface area contributed by atoms with E-state index in [1.165, 1.54) is 12.1 Å². The first-order valence-electron chi connectivity index (χ1n) is 6.17. The van der Waals surface area contributed by atoms with Gasteiger partial charge in [0.15, 0.2) is 5.70 Å². The Balaban J connectivity index is 2.00. The predicted octanol–water partition coefficient (Wildman–Crippen LogP) is 3.93. The highest BCUT2D eigenvalue weighted by Crippen LogP contribution is 2.23. The molecule has 0 bridgehead atoms. The molecule has 1 heterocycles. The third kappa shape index (κ3) is 2.78. The lowest BCUT2D eigenvalue weighted by atomic mass is 10.2. The summed E-state index contributed by atoms with van der Waals surface area (Å²) in [6.07, 6.45) is 1.60. The van der Waals surface area contributed by atoms with Crippen LogP contribution in [0.2, 0.25) is 0 Å². The number of aliphatic imine (C=N–C) groups is 1. The standard InChI is InChI=1S/C16H9BrFNO2/c17-12-7-3-1-5-10(12)9-14-16(20)21-15(19-14)11-6-2-4-8-13(11)18/h1-9H/b14-9-. The molecule has 0 N–H and O–H groups in total. The van der Waals surface area contributed by atoms with Gasteiger partial charge in [0, 0.05) is 4.47 Å². The summed E-state index contributed by atoms with van der Waals surface area (Å²) in [5.74, 6) is -1.09. The first-order valence-corrected chi connectivity index (χ1v) is 6.96. The molecule has 0 aromatic heterocycles. The number of esters is 1. The van der Waals surface area contributed by atoms with Crippen molar-refractivity contribution in [3.05, 3.63) is 75.6 Å². The van der Waals surface area contributed by atoms with E-state index in [-0.39, 0.29) is 17.2 Å². The summed E-state index contributed by atoms with van der Waals surface area (Å²) in [4.78, 5) is 15.9. The lowest BCUT2D eigenvalue weighted by Crippen LogP contribution is -2.07. The zero-order valence-corrected chi connectivity index (χ0v) is 12.3. The predicted molar refractivity (Wildman–Crippen MR) is 81.1 cm³/mol. The van der Waals surface area contributed by atoms with Crippen LogP contribution in [0.3, 0.4) is 0 Å². The van der Waals surface area contributed by atoms with Gasteiger partial charge in [0.05, 0.1) is 5.56 Å². The second-order valence-electron chi connectivity index (χ2n) is 4.34. The molecule has 5 heteroatoms. The van der Waals surface area contributed by atoms with Gasteiger partial charge in [-0.15, -0.1) is 0 Å². The highest BCUT2D eigenvalue weighted by molar-refractivity contribution is 9.10. The van der Waals surface area contributed by atoms with Gasteiger partial charge in [-0.3, -0.25) is 0 Å². The van der Waals surface area contributed by atoms with Crippen LogP contribution in [0.1, 0.15) is 11.1 Å². The molecule has 0 aliphatic carbocycles. The van der Waals surface area contributed by atoms with Gasteiger partial charge in [-0.05, 0) is 29.8 Å². The van der Waals surface area contributed by atoms with E-state index >= 15 is 0 Å². The summed E-state index contributed by atoms with van der Waals surface area (Å²) in [6.45, 7) is 0. The molecule has 3 nitrogen and oxygen atoms in total. The number of halogens is 2. The topological polar surface area (TPSA) is 38.7 Å². The number of carbonyl (C=O) groups excluding carboxylic acids is 1. The first-order chi connectivity index (χ1) is 10.1. The highest BCUT2D eigenvalue weighted by Gasteiger charge is 2.25. The van der Waals surface area contributed by atoms with Crippen molar-refractivity contribution in [3.63, 3.8) is 0 Å². The van der Waals surface area contributed by atoms with Gasteiger partial charge in [-0.1, -0.05) is 46.3 Å². The SMILES string of the molecule is O=C1OC(c2ccccc2F)=N/C1=C\c1ccccc1Br. The maximum absolute atomic E-state index is 13.7. The molecule has 0 saturated carbocycles. The third-order valence-corrected chi connectivity index (χ3v) is 3.64. The second kappa shape index (κ2) is 5.61. The van der Waals surface area contributed by atoms with Crippen LogP contribution in [0.25, 0.3) is 6.08 Å². The molecule has 0 unspecified atom stereocenters. The Morgan fingerprint density at radius 3 is 2.57 bits per heavy atom. The molecule has 2 aromatic carbocycles. The Hall–Kier alpha value is -2.27. The van der Waals surface area contributed by atoms with E-state index in [1.54, 1.807) is 18.2 Å².